The third-order valence-electron chi connectivity index (χ3n) is 5.02. The average molecular weight is 213 g/mol. The van der Waals surface area contributed by atoms with Gasteiger partial charge in [0.1, 0.15) is 0 Å². The van der Waals surface area contributed by atoms with Crippen LogP contribution in [0.2, 0.25) is 0 Å². The van der Waals surface area contributed by atoms with Crippen molar-refractivity contribution in [2.75, 3.05) is 0 Å². The van der Waals surface area contributed by atoms with Crippen LogP contribution in [0, 0.1) is 29.6 Å². The fourth-order valence-electron chi connectivity index (χ4n) is 5.12. The molecular weight excluding hydrogens is 192 g/mol. The molecule has 0 aromatic carbocycles. The summed E-state index contributed by atoms with van der Waals surface area (Å²) in [5, 5.41) is 0. The molecule has 14 heavy (non-hydrogen) atoms. The van der Waals surface area contributed by atoms with Crippen LogP contribution in [0.1, 0.15) is 46.0 Å². The third kappa shape index (κ3) is 1.19. The van der Waals surface area contributed by atoms with Crippen LogP contribution in [0.15, 0.2) is 0 Å². The Bertz CT molecular complexity index is 232. The molecule has 4 rings (SSSR count). The van der Waals surface area contributed by atoms with E-state index in [-0.39, 0.29) is 4.87 Å². The molecule has 3 atom stereocenters. The van der Waals surface area contributed by atoms with Gasteiger partial charge in [-0.2, -0.15) is 0 Å². The minimum atomic E-state index is 0.211. The summed E-state index contributed by atoms with van der Waals surface area (Å²) in [6, 6.07) is 0. The molecule has 0 saturated heterocycles. The van der Waals surface area contributed by atoms with Crippen LogP contribution < -0.4 is 0 Å². The van der Waals surface area contributed by atoms with Crippen molar-refractivity contribution in [3.05, 3.63) is 0 Å². The second-order valence-electron chi connectivity index (χ2n) is 6.41. The van der Waals surface area contributed by atoms with E-state index in [9.17, 15) is 0 Å². The predicted octanol–water partition coefficient (Wildman–Crippen LogP) is 4.08. The molecule has 0 nitrogen and oxygen atoms in total. The first-order valence-corrected chi connectivity index (χ1v) is 6.65. The molecule has 0 spiro atoms. The first-order chi connectivity index (χ1) is 6.58. The molecule has 0 radical (unpaired) electrons. The van der Waals surface area contributed by atoms with Gasteiger partial charge < -0.3 is 0 Å². The lowest BCUT2D eigenvalue weighted by atomic mass is 9.49. The van der Waals surface area contributed by atoms with E-state index >= 15 is 0 Å². The summed E-state index contributed by atoms with van der Waals surface area (Å²) >= 11 is 6.89. The lowest BCUT2D eigenvalue weighted by molar-refractivity contribution is -0.0390. The Morgan fingerprint density at radius 3 is 2.07 bits per heavy atom. The lowest BCUT2D eigenvalue weighted by Gasteiger charge is -2.60. The van der Waals surface area contributed by atoms with Crippen LogP contribution in [0.3, 0.4) is 0 Å². The zero-order valence-corrected chi connectivity index (χ0v) is 10.1. The van der Waals surface area contributed by atoms with Gasteiger partial charge in [-0.25, -0.2) is 0 Å². The van der Waals surface area contributed by atoms with Gasteiger partial charge in [-0.3, -0.25) is 0 Å². The molecule has 1 heteroatoms. The maximum absolute atomic E-state index is 6.89. The van der Waals surface area contributed by atoms with Gasteiger partial charge >= 0.3 is 0 Å². The summed E-state index contributed by atoms with van der Waals surface area (Å²) in [4.78, 5) is 0.211. The maximum Gasteiger partial charge on any atom is 0.0485 e. The Balaban J connectivity index is 1.94. The van der Waals surface area contributed by atoms with Crippen molar-refractivity contribution in [3.63, 3.8) is 0 Å². The minimum absolute atomic E-state index is 0.211. The molecule has 4 aliphatic rings. The summed E-state index contributed by atoms with van der Waals surface area (Å²) in [5.74, 6) is 4.55. The molecule has 4 aliphatic carbocycles. The Labute approximate surface area is 92.4 Å². The molecular formula is C13H21Cl. The van der Waals surface area contributed by atoms with Crippen molar-refractivity contribution in [1.29, 1.82) is 0 Å². The first-order valence-electron chi connectivity index (χ1n) is 6.27. The van der Waals surface area contributed by atoms with Gasteiger partial charge in [-0.05, 0) is 61.7 Å². The van der Waals surface area contributed by atoms with E-state index in [0.29, 0.717) is 0 Å². The number of halogens is 1. The van der Waals surface area contributed by atoms with E-state index in [1.807, 2.05) is 0 Å². The fourth-order valence-corrected chi connectivity index (χ4v) is 5.99. The van der Waals surface area contributed by atoms with Crippen LogP contribution in [-0.2, 0) is 0 Å². The quantitative estimate of drug-likeness (QED) is 0.575. The highest BCUT2D eigenvalue weighted by Gasteiger charge is 2.56. The predicted molar refractivity (Wildman–Crippen MR) is 60.5 cm³/mol. The van der Waals surface area contributed by atoms with E-state index in [1.165, 1.54) is 32.1 Å². The molecule has 0 aliphatic heterocycles. The SMILES string of the molecule is CC(C)C1C2CC3CC(C2)CC1(Cl)C3. The van der Waals surface area contributed by atoms with Crippen LogP contribution >= 0.6 is 11.6 Å². The molecule has 0 aromatic rings. The number of hydrogen-bond donors (Lipinski definition) is 0. The van der Waals surface area contributed by atoms with E-state index < -0.39 is 0 Å². The minimum Gasteiger partial charge on any atom is -0.119 e. The topological polar surface area (TPSA) is 0 Å². The second kappa shape index (κ2) is 2.90. The average Bonchev–Trinajstić information content (AvgIpc) is 1.97. The zero-order chi connectivity index (χ0) is 9.92. The van der Waals surface area contributed by atoms with Gasteiger partial charge in [0.25, 0.3) is 0 Å². The van der Waals surface area contributed by atoms with Crippen molar-refractivity contribution >= 4 is 11.6 Å². The smallest absolute Gasteiger partial charge is 0.0485 e. The number of alkyl halides is 1. The van der Waals surface area contributed by atoms with Crippen LogP contribution in [-0.4, -0.2) is 4.87 Å². The molecule has 4 saturated carbocycles. The molecule has 80 valence electrons. The summed E-state index contributed by atoms with van der Waals surface area (Å²) in [6.07, 6.45) is 7.13. The number of hydrogen-bond acceptors (Lipinski definition) is 0. The highest BCUT2D eigenvalue weighted by atomic mass is 35.5. The number of rotatable bonds is 1. The van der Waals surface area contributed by atoms with Gasteiger partial charge in [-0.15, -0.1) is 11.6 Å². The second-order valence-corrected chi connectivity index (χ2v) is 7.16. The normalized spacial score (nSPS) is 55.7. The van der Waals surface area contributed by atoms with Crippen molar-refractivity contribution in [2.45, 2.75) is 50.8 Å². The molecule has 0 amide bonds. The van der Waals surface area contributed by atoms with Gasteiger partial charge in [0, 0.05) is 4.87 Å². The van der Waals surface area contributed by atoms with E-state index in [4.69, 9.17) is 11.6 Å². The molecule has 3 unspecified atom stereocenters. The third-order valence-corrected chi connectivity index (χ3v) is 5.58. The molecule has 0 aromatic heterocycles. The van der Waals surface area contributed by atoms with Gasteiger partial charge in [-0.1, -0.05) is 13.8 Å². The highest BCUT2D eigenvalue weighted by Crippen LogP contribution is 2.62. The summed E-state index contributed by atoms with van der Waals surface area (Å²) in [7, 11) is 0. The van der Waals surface area contributed by atoms with Crippen LogP contribution in [0.4, 0.5) is 0 Å². The molecule has 0 heterocycles. The van der Waals surface area contributed by atoms with Crippen LogP contribution in [0.5, 0.6) is 0 Å². The Kier molecular flexibility index (Phi) is 1.97. The fraction of sp³-hybridized carbons (Fsp3) is 1.00. The largest absolute Gasteiger partial charge is 0.119 e. The molecule has 4 fully saturated rings. The Hall–Kier alpha value is 0.290. The van der Waals surface area contributed by atoms with E-state index in [2.05, 4.69) is 13.8 Å². The Morgan fingerprint density at radius 2 is 1.64 bits per heavy atom. The summed E-state index contributed by atoms with van der Waals surface area (Å²) in [5.41, 5.74) is 0. The van der Waals surface area contributed by atoms with Crippen molar-refractivity contribution in [1.82, 2.24) is 0 Å². The summed E-state index contributed by atoms with van der Waals surface area (Å²) in [6.45, 7) is 4.74. The monoisotopic (exact) mass is 212 g/mol. The van der Waals surface area contributed by atoms with Gasteiger partial charge in [0.15, 0.2) is 0 Å². The van der Waals surface area contributed by atoms with Crippen LogP contribution in [0.25, 0.3) is 0 Å². The zero-order valence-electron chi connectivity index (χ0n) is 9.30. The van der Waals surface area contributed by atoms with Crippen molar-refractivity contribution < 1.29 is 0 Å². The maximum atomic E-state index is 6.89. The molecule has 4 bridgehead atoms. The summed E-state index contributed by atoms with van der Waals surface area (Å²) < 4.78 is 0. The first kappa shape index (κ1) is 9.51. The van der Waals surface area contributed by atoms with Crippen molar-refractivity contribution in [2.24, 2.45) is 29.6 Å². The van der Waals surface area contributed by atoms with Gasteiger partial charge in [0.05, 0.1) is 0 Å². The van der Waals surface area contributed by atoms with E-state index in [0.717, 1.165) is 29.6 Å². The Morgan fingerprint density at radius 1 is 1.07 bits per heavy atom. The standard InChI is InChI=1S/C13H21Cl/c1-8(2)12-11-4-9-3-10(5-11)7-13(12,14)6-9/h8-12H,3-7H2,1-2H3. The van der Waals surface area contributed by atoms with Crippen molar-refractivity contribution in [3.8, 4) is 0 Å². The molecule has 0 N–H and O–H groups in total. The highest BCUT2D eigenvalue weighted by molar-refractivity contribution is 6.24. The van der Waals surface area contributed by atoms with E-state index in [1.54, 1.807) is 0 Å². The lowest BCUT2D eigenvalue weighted by Crippen LogP contribution is -2.55. The van der Waals surface area contributed by atoms with Gasteiger partial charge in [0.2, 0.25) is 0 Å².